The number of hydrogen-bond acceptors (Lipinski definition) is 6. The second kappa shape index (κ2) is 7.37. The second-order valence-corrected chi connectivity index (χ2v) is 8.43. The number of cyclic esters (lactones) is 1. The number of para-hydroxylation sites is 2. The van der Waals surface area contributed by atoms with Crippen LogP contribution in [0.3, 0.4) is 0 Å². The molecule has 0 bridgehead atoms. The van der Waals surface area contributed by atoms with Crippen LogP contribution in [-0.2, 0) is 18.6 Å². The van der Waals surface area contributed by atoms with E-state index in [1.165, 1.54) is 0 Å². The van der Waals surface area contributed by atoms with Gasteiger partial charge in [0.15, 0.2) is 0 Å². The van der Waals surface area contributed by atoms with Gasteiger partial charge in [-0.05, 0) is 37.1 Å². The van der Waals surface area contributed by atoms with Crippen molar-refractivity contribution in [1.29, 1.82) is 0 Å². The van der Waals surface area contributed by atoms with Crippen molar-refractivity contribution in [3.05, 3.63) is 60.7 Å². The number of phosphoric acid groups is 1. The van der Waals surface area contributed by atoms with Crippen LogP contribution in [0, 0.1) is 5.41 Å². The second-order valence-electron chi connectivity index (χ2n) is 6.92. The van der Waals surface area contributed by atoms with Gasteiger partial charge >= 0.3 is 13.8 Å². The SMILES string of the molecule is O=C1O[C@H](COP(=O)(Oc2ccccc2)Oc2ccccc2)CC12CCC2. The summed E-state index contributed by atoms with van der Waals surface area (Å²) < 4.78 is 35.3. The summed E-state index contributed by atoms with van der Waals surface area (Å²) in [7, 11) is -3.96. The molecule has 2 aromatic carbocycles. The van der Waals surface area contributed by atoms with E-state index in [9.17, 15) is 9.36 Å². The van der Waals surface area contributed by atoms with Crippen molar-refractivity contribution >= 4 is 13.8 Å². The van der Waals surface area contributed by atoms with Gasteiger partial charge in [-0.25, -0.2) is 4.57 Å². The Labute approximate surface area is 158 Å². The van der Waals surface area contributed by atoms with Crippen molar-refractivity contribution in [2.24, 2.45) is 5.41 Å². The number of phosphoric ester groups is 1. The number of benzene rings is 2. The molecule has 1 saturated carbocycles. The van der Waals surface area contributed by atoms with Gasteiger partial charge in [0.1, 0.15) is 17.6 Å². The van der Waals surface area contributed by atoms with E-state index >= 15 is 0 Å². The van der Waals surface area contributed by atoms with Crippen molar-refractivity contribution < 1.29 is 27.7 Å². The minimum atomic E-state index is -3.96. The zero-order valence-electron chi connectivity index (χ0n) is 14.8. The molecule has 2 fully saturated rings. The largest absolute Gasteiger partial charge is 0.587 e. The third-order valence-electron chi connectivity index (χ3n) is 4.98. The Balaban J connectivity index is 1.46. The van der Waals surface area contributed by atoms with E-state index in [-0.39, 0.29) is 18.0 Å². The van der Waals surface area contributed by atoms with Gasteiger partial charge in [-0.3, -0.25) is 9.32 Å². The summed E-state index contributed by atoms with van der Waals surface area (Å²) in [5.41, 5.74) is -0.363. The van der Waals surface area contributed by atoms with Crippen LogP contribution >= 0.6 is 7.82 Å². The smallest absolute Gasteiger partial charge is 0.459 e. The molecule has 4 rings (SSSR count). The highest BCUT2D eigenvalue weighted by atomic mass is 31.2. The Morgan fingerprint density at radius 3 is 1.96 bits per heavy atom. The molecule has 1 spiro atoms. The summed E-state index contributed by atoms with van der Waals surface area (Å²) in [6, 6.07) is 17.4. The molecule has 1 heterocycles. The molecule has 27 heavy (non-hydrogen) atoms. The maximum absolute atomic E-state index is 13.2. The summed E-state index contributed by atoms with van der Waals surface area (Å²) in [5, 5.41) is 0. The van der Waals surface area contributed by atoms with Crippen LogP contribution in [0.2, 0.25) is 0 Å². The fourth-order valence-corrected chi connectivity index (χ4v) is 4.66. The van der Waals surface area contributed by atoms with Crippen molar-refractivity contribution in [3.63, 3.8) is 0 Å². The summed E-state index contributed by atoms with van der Waals surface area (Å²) in [5.74, 6) is 0.566. The summed E-state index contributed by atoms with van der Waals surface area (Å²) in [4.78, 5) is 12.1. The molecule has 0 aromatic heterocycles. The topological polar surface area (TPSA) is 71.1 Å². The van der Waals surface area contributed by atoms with Crippen LogP contribution in [0.15, 0.2) is 60.7 Å². The molecule has 2 aliphatic rings. The van der Waals surface area contributed by atoms with Crippen LogP contribution in [0.4, 0.5) is 0 Å². The Kier molecular flexibility index (Phi) is 4.94. The zero-order valence-corrected chi connectivity index (χ0v) is 15.7. The number of ether oxygens (including phenoxy) is 1. The van der Waals surface area contributed by atoms with Crippen molar-refractivity contribution in [2.75, 3.05) is 6.61 Å². The summed E-state index contributed by atoms with van der Waals surface area (Å²) in [6.07, 6.45) is 2.88. The lowest BCUT2D eigenvalue weighted by Gasteiger charge is -2.33. The Bertz CT molecular complexity index is 789. The third-order valence-corrected chi connectivity index (χ3v) is 6.31. The van der Waals surface area contributed by atoms with Gasteiger partial charge in [-0.2, -0.15) is 0 Å². The summed E-state index contributed by atoms with van der Waals surface area (Å²) >= 11 is 0. The van der Waals surface area contributed by atoms with Crippen molar-refractivity contribution in [2.45, 2.75) is 31.8 Å². The van der Waals surface area contributed by atoms with E-state index < -0.39 is 13.9 Å². The molecule has 7 heteroatoms. The predicted molar refractivity (Wildman–Crippen MR) is 98.5 cm³/mol. The Hall–Kier alpha value is -2.30. The Morgan fingerprint density at radius 2 is 1.52 bits per heavy atom. The van der Waals surface area contributed by atoms with E-state index in [0.717, 1.165) is 19.3 Å². The van der Waals surface area contributed by atoms with Gasteiger partial charge in [-0.15, -0.1) is 0 Å². The molecule has 1 aliphatic carbocycles. The molecular weight excluding hydrogens is 367 g/mol. The Morgan fingerprint density at radius 1 is 0.963 bits per heavy atom. The highest BCUT2D eigenvalue weighted by Crippen LogP contribution is 2.53. The fraction of sp³-hybridized carbons (Fsp3) is 0.350. The lowest BCUT2D eigenvalue weighted by molar-refractivity contribution is -0.153. The van der Waals surface area contributed by atoms with Gasteiger partial charge in [0.25, 0.3) is 0 Å². The molecule has 0 unspecified atom stereocenters. The molecule has 1 atom stereocenters. The molecule has 2 aromatic rings. The lowest BCUT2D eigenvalue weighted by atomic mass is 9.67. The summed E-state index contributed by atoms with van der Waals surface area (Å²) in [6.45, 7) is -0.0373. The van der Waals surface area contributed by atoms with E-state index in [4.69, 9.17) is 18.3 Å². The van der Waals surface area contributed by atoms with Gasteiger partial charge < -0.3 is 13.8 Å². The molecular formula is C20H21O6P. The first-order chi connectivity index (χ1) is 13.1. The number of rotatable bonds is 7. The van der Waals surface area contributed by atoms with Gasteiger partial charge in [0.2, 0.25) is 0 Å². The quantitative estimate of drug-likeness (QED) is 0.503. The lowest BCUT2D eigenvalue weighted by Crippen LogP contribution is -2.33. The maximum Gasteiger partial charge on any atom is 0.587 e. The van der Waals surface area contributed by atoms with Gasteiger partial charge in [0, 0.05) is 6.42 Å². The molecule has 0 amide bonds. The van der Waals surface area contributed by atoms with Crippen LogP contribution in [0.1, 0.15) is 25.7 Å². The molecule has 0 radical (unpaired) electrons. The van der Waals surface area contributed by atoms with Crippen LogP contribution in [-0.4, -0.2) is 18.7 Å². The first-order valence-electron chi connectivity index (χ1n) is 9.02. The first kappa shape index (κ1) is 18.1. The minimum absolute atomic E-state index is 0.0373. The van der Waals surface area contributed by atoms with Crippen LogP contribution < -0.4 is 9.05 Å². The predicted octanol–water partition coefficient (Wildman–Crippen LogP) is 4.75. The number of hydrogen-bond donors (Lipinski definition) is 0. The standard InChI is InChI=1S/C20H21O6P/c21-19-20(12-7-13-20)14-18(24-19)15-23-27(22,25-16-8-3-1-4-9-16)26-17-10-5-2-6-11-17/h1-6,8-11,18H,7,12-15H2/t18-/m0/s1. The molecule has 1 aliphatic heterocycles. The fourth-order valence-electron chi connectivity index (χ4n) is 3.41. The molecule has 1 saturated heterocycles. The number of carbonyl (C=O) groups is 1. The highest BCUT2D eigenvalue weighted by Gasteiger charge is 2.53. The normalized spacial score (nSPS) is 20.7. The molecule has 142 valence electrons. The van der Waals surface area contributed by atoms with Crippen molar-refractivity contribution in [3.8, 4) is 11.5 Å². The van der Waals surface area contributed by atoms with E-state index in [0.29, 0.717) is 17.9 Å². The van der Waals surface area contributed by atoms with Gasteiger partial charge in [-0.1, -0.05) is 42.8 Å². The highest BCUT2D eigenvalue weighted by molar-refractivity contribution is 7.49. The molecule has 0 N–H and O–H groups in total. The molecule has 6 nitrogen and oxygen atoms in total. The maximum atomic E-state index is 13.2. The zero-order chi connectivity index (χ0) is 18.7. The van der Waals surface area contributed by atoms with E-state index in [1.807, 2.05) is 12.1 Å². The first-order valence-corrected chi connectivity index (χ1v) is 10.5. The van der Waals surface area contributed by atoms with E-state index in [2.05, 4.69) is 0 Å². The monoisotopic (exact) mass is 388 g/mol. The van der Waals surface area contributed by atoms with Crippen LogP contribution in [0.25, 0.3) is 0 Å². The van der Waals surface area contributed by atoms with E-state index in [1.54, 1.807) is 48.5 Å². The van der Waals surface area contributed by atoms with Gasteiger partial charge in [0.05, 0.1) is 12.0 Å². The third kappa shape index (κ3) is 4.02. The average Bonchev–Trinajstić information content (AvgIpc) is 2.99. The van der Waals surface area contributed by atoms with Crippen molar-refractivity contribution in [1.82, 2.24) is 0 Å². The number of carbonyl (C=O) groups excluding carboxylic acids is 1. The minimum Gasteiger partial charge on any atom is -0.459 e. The number of esters is 1. The average molecular weight is 388 g/mol. The van der Waals surface area contributed by atoms with Crippen LogP contribution in [0.5, 0.6) is 11.5 Å².